The highest BCUT2D eigenvalue weighted by Gasteiger charge is 2.27. The molecule has 0 bridgehead atoms. The number of ether oxygens (including phenoxy) is 3. The molecule has 1 amide bonds. The summed E-state index contributed by atoms with van der Waals surface area (Å²) in [5, 5.41) is 0.884. The zero-order chi connectivity index (χ0) is 22.9. The Labute approximate surface area is 191 Å². The number of fused-ring (bicyclic) bond motifs is 2. The summed E-state index contributed by atoms with van der Waals surface area (Å²) in [6.45, 7) is 1.53. The number of halogens is 1. The maximum Gasteiger partial charge on any atom is 0.257 e. The Balaban J connectivity index is 1.53. The first-order chi connectivity index (χ1) is 16.0. The molecule has 172 valence electrons. The molecule has 1 saturated heterocycles. The minimum atomic E-state index is -0.531. The first-order valence-corrected chi connectivity index (χ1v) is 11.1. The van der Waals surface area contributed by atoms with Crippen LogP contribution in [0.15, 0.2) is 42.5 Å². The predicted molar refractivity (Wildman–Crippen MR) is 122 cm³/mol. The average Bonchev–Trinajstić information content (AvgIpc) is 3.48. The van der Waals surface area contributed by atoms with E-state index in [1.165, 1.54) is 12.1 Å². The van der Waals surface area contributed by atoms with E-state index in [2.05, 4.69) is 0 Å². The molecule has 2 aliphatic rings. The van der Waals surface area contributed by atoms with E-state index in [9.17, 15) is 9.18 Å². The van der Waals surface area contributed by atoms with Crippen molar-refractivity contribution in [1.82, 2.24) is 9.88 Å². The average molecular weight is 451 g/mol. The summed E-state index contributed by atoms with van der Waals surface area (Å²) in [7, 11) is 3.82. The van der Waals surface area contributed by atoms with Crippen LogP contribution in [-0.4, -0.2) is 55.9 Å². The topological polar surface area (TPSA) is 64.1 Å². The van der Waals surface area contributed by atoms with Crippen LogP contribution in [0.2, 0.25) is 0 Å². The highest BCUT2D eigenvalue weighted by atomic mass is 19.1. The molecule has 8 heteroatoms. The molecule has 0 spiro atoms. The van der Waals surface area contributed by atoms with Crippen LogP contribution in [0.1, 0.15) is 28.8 Å². The minimum absolute atomic E-state index is 0.0546. The first-order valence-electron chi connectivity index (χ1n) is 11.1. The van der Waals surface area contributed by atoms with Crippen molar-refractivity contribution in [1.29, 1.82) is 0 Å². The Morgan fingerprint density at radius 3 is 2.67 bits per heavy atom. The Morgan fingerprint density at radius 2 is 1.94 bits per heavy atom. The molecule has 5 rings (SSSR count). The third-order valence-corrected chi connectivity index (χ3v) is 5.99. The van der Waals surface area contributed by atoms with Gasteiger partial charge in [-0.15, -0.1) is 0 Å². The lowest BCUT2D eigenvalue weighted by Crippen LogP contribution is -2.37. The van der Waals surface area contributed by atoms with Crippen LogP contribution >= 0.6 is 0 Å². The van der Waals surface area contributed by atoms with Gasteiger partial charge in [-0.3, -0.25) is 4.79 Å². The normalized spacial score (nSPS) is 16.9. The van der Waals surface area contributed by atoms with Gasteiger partial charge in [-0.25, -0.2) is 9.37 Å². The Kier molecular flexibility index (Phi) is 5.76. The van der Waals surface area contributed by atoms with Crippen LogP contribution in [0.25, 0.3) is 10.9 Å². The molecule has 0 N–H and O–H groups in total. The second-order valence-electron chi connectivity index (χ2n) is 8.56. The van der Waals surface area contributed by atoms with E-state index in [0.717, 1.165) is 35.1 Å². The van der Waals surface area contributed by atoms with Crippen LogP contribution in [0.4, 0.5) is 10.2 Å². The molecule has 0 saturated carbocycles. The van der Waals surface area contributed by atoms with Gasteiger partial charge in [-0.2, -0.15) is 0 Å². The molecule has 1 unspecified atom stereocenters. The smallest absolute Gasteiger partial charge is 0.257 e. The number of hydrogen-bond donors (Lipinski definition) is 0. The third kappa shape index (κ3) is 4.30. The van der Waals surface area contributed by atoms with E-state index >= 15 is 0 Å². The summed E-state index contributed by atoms with van der Waals surface area (Å²) in [6.07, 6.45) is 1.77. The minimum Gasteiger partial charge on any atom is -0.454 e. The van der Waals surface area contributed by atoms with E-state index in [1.54, 1.807) is 17.0 Å². The van der Waals surface area contributed by atoms with Crippen LogP contribution in [0, 0.1) is 5.82 Å². The van der Waals surface area contributed by atoms with Crippen molar-refractivity contribution < 1.29 is 23.4 Å². The highest BCUT2D eigenvalue weighted by Crippen LogP contribution is 2.37. The quantitative estimate of drug-likeness (QED) is 0.565. The van der Waals surface area contributed by atoms with Gasteiger partial charge in [-0.1, -0.05) is 12.1 Å². The number of amides is 1. The summed E-state index contributed by atoms with van der Waals surface area (Å²) in [6, 6.07) is 11.9. The lowest BCUT2D eigenvalue weighted by Gasteiger charge is -2.28. The third-order valence-electron chi connectivity index (χ3n) is 5.99. The number of hydrogen-bond acceptors (Lipinski definition) is 6. The van der Waals surface area contributed by atoms with Crippen molar-refractivity contribution in [2.24, 2.45) is 0 Å². The molecule has 1 aromatic heterocycles. The van der Waals surface area contributed by atoms with Gasteiger partial charge < -0.3 is 24.0 Å². The van der Waals surface area contributed by atoms with Gasteiger partial charge in [-0.05, 0) is 37.1 Å². The molecule has 2 aromatic carbocycles. The van der Waals surface area contributed by atoms with E-state index < -0.39 is 5.82 Å². The van der Waals surface area contributed by atoms with E-state index in [1.807, 2.05) is 37.2 Å². The van der Waals surface area contributed by atoms with Crippen molar-refractivity contribution in [3.05, 3.63) is 59.4 Å². The second-order valence-corrected chi connectivity index (χ2v) is 8.56. The standard InChI is InChI=1S/C25H26FN3O4/c1-28(2)24-17(10-16-11-22-23(33-15-32-22)12-21(16)27-24)13-29(14-18-6-5-9-31-18)25(30)19-7-3-4-8-20(19)26/h3-4,7-8,10-12,18H,5-6,9,13-15H2,1-2H3. The molecule has 0 aliphatic carbocycles. The maximum absolute atomic E-state index is 14.5. The first kappa shape index (κ1) is 21.5. The van der Waals surface area contributed by atoms with Crippen molar-refractivity contribution in [3.8, 4) is 11.5 Å². The lowest BCUT2D eigenvalue weighted by molar-refractivity contribution is 0.0504. The zero-order valence-corrected chi connectivity index (χ0v) is 18.7. The van der Waals surface area contributed by atoms with Crippen molar-refractivity contribution in [2.75, 3.05) is 38.9 Å². The van der Waals surface area contributed by atoms with E-state index in [-0.39, 0.29) is 30.9 Å². The molecule has 3 heterocycles. The molecule has 2 aliphatic heterocycles. The lowest BCUT2D eigenvalue weighted by atomic mass is 10.1. The van der Waals surface area contributed by atoms with Gasteiger partial charge in [0.05, 0.1) is 17.2 Å². The Bertz CT molecular complexity index is 1190. The number of carbonyl (C=O) groups excluding carboxylic acids is 1. The van der Waals surface area contributed by atoms with Crippen molar-refractivity contribution in [2.45, 2.75) is 25.5 Å². The number of anilines is 1. The molecular weight excluding hydrogens is 425 g/mol. The summed E-state index contributed by atoms with van der Waals surface area (Å²) in [4.78, 5) is 21.8. The second kappa shape index (κ2) is 8.86. The molecule has 0 radical (unpaired) electrons. The van der Waals surface area contributed by atoms with Crippen molar-refractivity contribution in [3.63, 3.8) is 0 Å². The molecule has 1 fully saturated rings. The fourth-order valence-corrected chi connectivity index (χ4v) is 4.37. The fraction of sp³-hybridized carbons (Fsp3) is 0.360. The van der Waals surface area contributed by atoms with Crippen LogP contribution in [0.5, 0.6) is 11.5 Å². The summed E-state index contributed by atoms with van der Waals surface area (Å²) < 4.78 is 31.3. The van der Waals surface area contributed by atoms with Crippen LogP contribution in [0.3, 0.4) is 0 Å². The number of aromatic nitrogens is 1. The number of rotatable bonds is 6. The summed E-state index contributed by atoms with van der Waals surface area (Å²) in [5.74, 6) is 1.19. The molecule has 1 atom stereocenters. The van der Waals surface area contributed by atoms with Gasteiger partial charge in [0, 0.05) is 50.8 Å². The van der Waals surface area contributed by atoms with Gasteiger partial charge in [0.25, 0.3) is 5.91 Å². The van der Waals surface area contributed by atoms with Gasteiger partial charge in [0.1, 0.15) is 11.6 Å². The molecule has 7 nitrogen and oxygen atoms in total. The van der Waals surface area contributed by atoms with Gasteiger partial charge in [0.15, 0.2) is 11.5 Å². The number of pyridine rings is 1. The molecule has 33 heavy (non-hydrogen) atoms. The summed E-state index contributed by atoms with van der Waals surface area (Å²) in [5.41, 5.74) is 1.69. The SMILES string of the molecule is CN(C)c1nc2cc3c(cc2cc1CN(CC1CCCO1)C(=O)c1ccccc1F)OCO3. The van der Waals surface area contributed by atoms with Crippen LogP contribution < -0.4 is 14.4 Å². The Hall–Kier alpha value is -3.39. The predicted octanol–water partition coefficient (Wildman–Crippen LogP) is 3.99. The van der Waals surface area contributed by atoms with Gasteiger partial charge in [0.2, 0.25) is 6.79 Å². The fourth-order valence-electron chi connectivity index (χ4n) is 4.37. The zero-order valence-electron chi connectivity index (χ0n) is 18.7. The van der Waals surface area contributed by atoms with Gasteiger partial charge >= 0.3 is 0 Å². The Morgan fingerprint density at radius 1 is 1.15 bits per heavy atom. The van der Waals surface area contributed by atoms with E-state index in [0.29, 0.717) is 24.7 Å². The largest absolute Gasteiger partial charge is 0.454 e. The van der Waals surface area contributed by atoms with E-state index in [4.69, 9.17) is 19.2 Å². The monoisotopic (exact) mass is 451 g/mol. The number of benzene rings is 2. The van der Waals surface area contributed by atoms with Crippen molar-refractivity contribution >= 4 is 22.6 Å². The van der Waals surface area contributed by atoms with Crippen LogP contribution in [-0.2, 0) is 11.3 Å². The number of nitrogens with zero attached hydrogens (tertiary/aromatic N) is 3. The molecule has 3 aromatic rings. The molecular formula is C25H26FN3O4. The maximum atomic E-state index is 14.5. The number of carbonyl (C=O) groups is 1. The summed E-state index contributed by atoms with van der Waals surface area (Å²) >= 11 is 0. The highest BCUT2D eigenvalue weighted by molar-refractivity contribution is 5.94.